The van der Waals surface area contributed by atoms with Crippen LogP contribution in [0.1, 0.15) is 13.3 Å². The van der Waals surface area contributed by atoms with E-state index in [1.807, 2.05) is 6.92 Å². The van der Waals surface area contributed by atoms with Crippen molar-refractivity contribution in [3.05, 3.63) is 0 Å². The van der Waals surface area contributed by atoms with Gasteiger partial charge in [-0.3, -0.25) is 15.7 Å². The van der Waals surface area contributed by atoms with Crippen molar-refractivity contribution in [2.45, 2.75) is 13.3 Å². The van der Waals surface area contributed by atoms with E-state index < -0.39 is 0 Å². The molecular weight excluding hydrogens is 170 g/mol. The van der Waals surface area contributed by atoms with Crippen molar-refractivity contribution >= 4 is 11.9 Å². The van der Waals surface area contributed by atoms with Crippen LogP contribution in [-0.2, 0) is 0 Å². The normalized spacial score (nSPS) is 13.8. The lowest BCUT2D eigenvalue weighted by atomic mass is 10.1. The first-order valence-corrected chi connectivity index (χ1v) is 4.08. The quantitative estimate of drug-likeness (QED) is 0.280. The minimum absolute atomic E-state index is 0.136. The Kier molecular flexibility index (Phi) is 5.62. The lowest BCUT2D eigenvalue weighted by Crippen LogP contribution is -2.41. The predicted octanol–water partition coefficient (Wildman–Crippen LogP) is -1.20. The molecule has 0 aliphatic rings. The van der Waals surface area contributed by atoms with Gasteiger partial charge in [0.15, 0.2) is 11.9 Å². The van der Waals surface area contributed by atoms with Gasteiger partial charge in [-0.1, -0.05) is 6.92 Å². The van der Waals surface area contributed by atoms with Gasteiger partial charge in [0, 0.05) is 13.2 Å². The van der Waals surface area contributed by atoms with Gasteiger partial charge in [0.2, 0.25) is 0 Å². The highest BCUT2D eigenvalue weighted by Gasteiger charge is 2.00. The Morgan fingerprint density at radius 1 is 1.62 bits per heavy atom. The summed E-state index contributed by atoms with van der Waals surface area (Å²) in [7, 11) is 0. The fourth-order valence-corrected chi connectivity index (χ4v) is 0.743. The number of aliphatic hydroxyl groups is 1. The van der Waals surface area contributed by atoms with Gasteiger partial charge in [0.05, 0.1) is 0 Å². The molecule has 13 heavy (non-hydrogen) atoms. The van der Waals surface area contributed by atoms with Crippen LogP contribution in [0.5, 0.6) is 0 Å². The molecule has 0 radical (unpaired) electrons. The Morgan fingerprint density at radius 2 is 2.23 bits per heavy atom. The van der Waals surface area contributed by atoms with Gasteiger partial charge in [0.1, 0.15) is 0 Å². The minimum atomic E-state index is -0.226. The molecule has 0 bridgehead atoms. The molecule has 0 fully saturated rings. The molecule has 0 aromatic rings. The maximum absolute atomic E-state index is 8.60. The second kappa shape index (κ2) is 6.24. The summed E-state index contributed by atoms with van der Waals surface area (Å²) in [6, 6.07) is 0. The fourth-order valence-electron chi connectivity index (χ4n) is 0.743. The van der Waals surface area contributed by atoms with Gasteiger partial charge in [0.25, 0.3) is 0 Å². The van der Waals surface area contributed by atoms with E-state index in [2.05, 4.69) is 10.3 Å². The molecule has 0 aromatic heterocycles. The van der Waals surface area contributed by atoms with E-state index >= 15 is 0 Å². The van der Waals surface area contributed by atoms with Crippen LogP contribution >= 0.6 is 0 Å². The molecule has 1 unspecified atom stereocenters. The summed E-state index contributed by atoms with van der Waals surface area (Å²) in [5, 5.41) is 17.8. The smallest absolute Gasteiger partial charge is 0.195 e. The molecule has 0 heterocycles. The van der Waals surface area contributed by atoms with E-state index in [4.69, 9.17) is 22.0 Å². The first kappa shape index (κ1) is 11.7. The van der Waals surface area contributed by atoms with Crippen LogP contribution in [0, 0.1) is 11.3 Å². The topological polar surface area (TPSA) is 121 Å². The van der Waals surface area contributed by atoms with Crippen LogP contribution in [0.25, 0.3) is 0 Å². The number of nitrogens with one attached hydrogen (secondary N) is 2. The molecule has 0 rings (SSSR count). The van der Waals surface area contributed by atoms with E-state index in [1.54, 1.807) is 0 Å². The van der Waals surface area contributed by atoms with Crippen LogP contribution in [0.3, 0.4) is 0 Å². The molecule has 0 aliphatic heterocycles. The molecule has 0 aromatic carbocycles. The van der Waals surface area contributed by atoms with E-state index in [0.717, 1.165) is 0 Å². The highest BCUT2D eigenvalue weighted by Crippen LogP contribution is 1.99. The summed E-state index contributed by atoms with van der Waals surface area (Å²) >= 11 is 0. The molecule has 76 valence electrons. The van der Waals surface area contributed by atoms with Gasteiger partial charge < -0.3 is 16.6 Å². The number of aliphatic hydroxyl groups excluding tert-OH is 1. The molecule has 0 saturated heterocycles. The molecule has 0 aliphatic carbocycles. The third-order valence-corrected chi connectivity index (χ3v) is 1.46. The average molecular weight is 187 g/mol. The Morgan fingerprint density at radius 3 is 2.69 bits per heavy atom. The van der Waals surface area contributed by atoms with Crippen LogP contribution in [-0.4, -0.2) is 30.2 Å². The summed E-state index contributed by atoms with van der Waals surface area (Å²) in [4.78, 5) is 3.93. The SMILES string of the molecule is CC(CCO)CN=C(N)NC(=N)N. The standard InChI is InChI=1S/C7H17N5O/c1-5(2-3-13)4-11-7(10)12-6(8)9/h5,13H,2-4H2,1H3,(H6,8,9,10,11,12). The monoisotopic (exact) mass is 187 g/mol. The van der Waals surface area contributed by atoms with Crippen LogP contribution < -0.4 is 16.8 Å². The van der Waals surface area contributed by atoms with Crippen molar-refractivity contribution in [1.82, 2.24) is 5.32 Å². The second-order valence-electron chi connectivity index (χ2n) is 2.88. The third-order valence-electron chi connectivity index (χ3n) is 1.46. The molecule has 0 spiro atoms. The summed E-state index contributed by atoms with van der Waals surface area (Å²) in [6.07, 6.45) is 0.691. The minimum Gasteiger partial charge on any atom is -0.396 e. The van der Waals surface area contributed by atoms with E-state index in [0.29, 0.717) is 13.0 Å². The van der Waals surface area contributed by atoms with Crippen molar-refractivity contribution < 1.29 is 5.11 Å². The Bertz CT molecular complexity index is 191. The number of aliphatic imine (C=N–C) groups is 1. The van der Waals surface area contributed by atoms with E-state index in [9.17, 15) is 0 Å². The number of guanidine groups is 2. The van der Waals surface area contributed by atoms with Crippen LogP contribution in [0.15, 0.2) is 4.99 Å². The maximum Gasteiger partial charge on any atom is 0.195 e. The second-order valence-corrected chi connectivity index (χ2v) is 2.88. The van der Waals surface area contributed by atoms with Gasteiger partial charge in [-0.25, -0.2) is 0 Å². The first-order chi connectivity index (χ1) is 6.06. The first-order valence-electron chi connectivity index (χ1n) is 4.08. The van der Waals surface area contributed by atoms with Gasteiger partial charge >= 0.3 is 0 Å². The molecule has 6 heteroatoms. The van der Waals surface area contributed by atoms with Crippen molar-refractivity contribution in [2.24, 2.45) is 22.4 Å². The van der Waals surface area contributed by atoms with Crippen LogP contribution in [0.2, 0.25) is 0 Å². The number of hydrogen-bond acceptors (Lipinski definition) is 3. The molecule has 1 atom stereocenters. The van der Waals surface area contributed by atoms with Gasteiger partial charge in [-0.2, -0.15) is 0 Å². The van der Waals surface area contributed by atoms with Crippen LogP contribution in [0.4, 0.5) is 0 Å². The Hall–Kier alpha value is -1.30. The molecule has 0 amide bonds. The zero-order chi connectivity index (χ0) is 10.3. The highest BCUT2D eigenvalue weighted by molar-refractivity contribution is 5.95. The number of rotatable bonds is 4. The van der Waals surface area contributed by atoms with E-state index in [1.165, 1.54) is 0 Å². The molecular formula is C7H17N5O. The predicted molar refractivity (Wildman–Crippen MR) is 52.4 cm³/mol. The largest absolute Gasteiger partial charge is 0.396 e. The summed E-state index contributed by atoms with van der Waals surface area (Å²) in [5.41, 5.74) is 10.4. The van der Waals surface area contributed by atoms with Gasteiger partial charge in [-0.05, 0) is 12.3 Å². The molecule has 0 saturated carbocycles. The maximum atomic E-state index is 8.60. The number of nitrogens with zero attached hydrogens (tertiary/aromatic N) is 1. The fraction of sp³-hybridized carbons (Fsp3) is 0.714. The molecule has 6 nitrogen and oxygen atoms in total. The molecule has 7 N–H and O–H groups in total. The van der Waals surface area contributed by atoms with Crippen molar-refractivity contribution in [3.63, 3.8) is 0 Å². The average Bonchev–Trinajstić information content (AvgIpc) is 2.00. The zero-order valence-electron chi connectivity index (χ0n) is 7.75. The van der Waals surface area contributed by atoms with Crippen molar-refractivity contribution in [2.75, 3.05) is 13.2 Å². The zero-order valence-corrected chi connectivity index (χ0v) is 7.75. The Labute approximate surface area is 77.5 Å². The summed E-state index contributed by atoms with van der Waals surface area (Å²) in [6.45, 7) is 2.63. The summed E-state index contributed by atoms with van der Waals surface area (Å²) in [5.74, 6) is 0.186. The Balaban J connectivity index is 3.75. The third kappa shape index (κ3) is 7.07. The number of nitrogens with two attached hydrogens (primary N) is 2. The highest BCUT2D eigenvalue weighted by atomic mass is 16.3. The summed E-state index contributed by atoms with van der Waals surface area (Å²) < 4.78 is 0. The van der Waals surface area contributed by atoms with Crippen molar-refractivity contribution in [3.8, 4) is 0 Å². The number of hydrogen-bond donors (Lipinski definition) is 5. The van der Waals surface area contributed by atoms with Crippen molar-refractivity contribution in [1.29, 1.82) is 5.41 Å². The lowest BCUT2D eigenvalue weighted by Gasteiger charge is -2.07. The van der Waals surface area contributed by atoms with Gasteiger partial charge in [-0.15, -0.1) is 0 Å². The van der Waals surface area contributed by atoms with E-state index in [-0.39, 0.29) is 24.4 Å². The lowest BCUT2D eigenvalue weighted by molar-refractivity contribution is 0.264.